The summed E-state index contributed by atoms with van der Waals surface area (Å²) in [7, 11) is 0. The van der Waals surface area contributed by atoms with E-state index in [9.17, 15) is 4.79 Å². The molecule has 1 aromatic heterocycles. The van der Waals surface area contributed by atoms with Crippen LogP contribution in [0.4, 0.5) is 0 Å². The lowest BCUT2D eigenvalue weighted by atomic mass is 10.2. The molecule has 1 aliphatic rings. The van der Waals surface area contributed by atoms with Gasteiger partial charge in [0.05, 0.1) is 5.69 Å². The summed E-state index contributed by atoms with van der Waals surface area (Å²) in [6.45, 7) is 5.96. The van der Waals surface area contributed by atoms with Crippen LogP contribution in [0, 0.1) is 5.92 Å². The maximum absolute atomic E-state index is 11.4. The second-order valence-electron chi connectivity index (χ2n) is 4.92. The summed E-state index contributed by atoms with van der Waals surface area (Å²) in [5, 5.41) is 3.30. The topological polar surface area (TPSA) is 57.8 Å². The molecule has 0 aliphatic heterocycles. The Labute approximate surface area is 95.5 Å². The number of aromatic amines is 1. The van der Waals surface area contributed by atoms with Gasteiger partial charge >= 0.3 is 0 Å². The van der Waals surface area contributed by atoms with E-state index in [-0.39, 0.29) is 5.56 Å². The summed E-state index contributed by atoms with van der Waals surface area (Å²) in [5.74, 6) is 1.98. The van der Waals surface area contributed by atoms with Crippen molar-refractivity contribution in [3.05, 3.63) is 27.9 Å². The standard InChI is InChI=1S/C12H19N3O/c1-8(2)6-13-7-10-5-11(16)15-12(14-10)9-3-4-9/h5,8-9,13H,3-4,6-7H2,1-2H3,(H,14,15,16). The number of H-pyrrole nitrogens is 1. The van der Waals surface area contributed by atoms with Crippen molar-refractivity contribution >= 4 is 0 Å². The molecule has 2 N–H and O–H groups in total. The van der Waals surface area contributed by atoms with E-state index in [1.54, 1.807) is 6.07 Å². The molecular weight excluding hydrogens is 202 g/mol. The highest BCUT2D eigenvalue weighted by Gasteiger charge is 2.26. The molecule has 4 nitrogen and oxygen atoms in total. The fraction of sp³-hybridized carbons (Fsp3) is 0.667. The Kier molecular flexibility index (Phi) is 3.39. The van der Waals surface area contributed by atoms with Crippen LogP contribution in [-0.4, -0.2) is 16.5 Å². The Morgan fingerprint density at radius 1 is 1.56 bits per heavy atom. The van der Waals surface area contributed by atoms with Crippen molar-refractivity contribution in [2.75, 3.05) is 6.54 Å². The number of nitrogens with zero attached hydrogens (tertiary/aromatic N) is 1. The predicted molar refractivity (Wildman–Crippen MR) is 63.4 cm³/mol. The first-order chi connectivity index (χ1) is 7.65. The molecule has 1 saturated carbocycles. The Balaban J connectivity index is 2.00. The lowest BCUT2D eigenvalue weighted by molar-refractivity contribution is 0.546. The van der Waals surface area contributed by atoms with Crippen molar-refractivity contribution < 1.29 is 0 Å². The zero-order valence-corrected chi connectivity index (χ0v) is 9.92. The molecular formula is C12H19N3O. The third-order valence-corrected chi connectivity index (χ3v) is 2.64. The summed E-state index contributed by atoms with van der Waals surface area (Å²) >= 11 is 0. The maximum atomic E-state index is 11.4. The number of hydrogen-bond donors (Lipinski definition) is 2. The summed E-state index contributed by atoms with van der Waals surface area (Å²) in [6.07, 6.45) is 2.32. The second kappa shape index (κ2) is 4.78. The van der Waals surface area contributed by atoms with Crippen molar-refractivity contribution in [1.29, 1.82) is 0 Å². The number of hydrogen-bond acceptors (Lipinski definition) is 3. The maximum Gasteiger partial charge on any atom is 0.251 e. The van der Waals surface area contributed by atoms with Crippen LogP contribution >= 0.6 is 0 Å². The van der Waals surface area contributed by atoms with Crippen molar-refractivity contribution in [3.63, 3.8) is 0 Å². The van der Waals surface area contributed by atoms with E-state index in [0.717, 1.165) is 30.9 Å². The highest BCUT2D eigenvalue weighted by molar-refractivity contribution is 5.10. The summed E-state index contributed by atoms with van der Waals surface area (Å²) < 4.78 is 0. The minimum Gasteiger partial charge on any atom is -0.311 e. The minimum absolute atomic E-state index is 0.0294. The molecule has 1 fully saturated rings. The minimum atomic E-state index is -0.0294. The first-order valence-electron chi connectivity index (χ1n) is 5.96. The third kappa shape index (κ3) is 3.17. The van der Waals surface area contributed by atoms with Gasteiger partial charge in [-0.15, -0.1) is 0 Å². The molecule has 1 heterocycles. The summed E-state index contributed by atoms with van der Waals surface area (Å²) in [5.41, 5.74) is 0.824. The smallest absolute Gasteiger partial charge is 0.251 e. The van der Waals surface area contributed by atoms with Gasteiger partial charge in [-0.05, 0) is 25.3 Å². The highest BCUT2D eigenvalue weighted by Crippen LogP contribution is 2.37. The van der Waals surface area contributed by atoms with Gasteiger partial charge in [-0.2, -0.15) is 0 Å². The lowest BCUT2D eigenvalue weighted by Crippen LogP contribution is -2.22. The fourth-order valence-electron chi connectivity index (χ4n) is 1.66. The van der Waals surface area contributed by atoms with Gasteiger partial charge in [0, 0.05) is 18.5 Å². The zero-order valence-electron chi connectivity index (χ0n) is 9.92. The van der Waals surface area contributed by atoms with Crippen molar-refractivity contribution in [2.45, 2.75) is 39.2 Å². The van der Waals surface area contributed by atoms with E-state index >= 15 is 0 Å². The average Bonchev–Trinajstić information content (AvgIpc) is 2.99. The molecule has 2 rings (SSSR count). The van der Waals surface area contributed by atoms with Crippen LogP contribution in [0.25, 0.3) is 0 Å². The van der Waals surface area contributed by atoms with Gasteiger partial charge in [-0.25, -0.2) is 4.98 Å². The van der Waals surface area contributed by atoms with Gasteiger partial charge in [0.15, 0.2) is 0 Å². The molecule has 1 aliphatic carbocycles. The molecule has 0 unspecified atom stereocenters. The van der Waals surface area contributed by atoms with Crippen LogP contribution in [0.3, 0.4) is 0 Å². The van der Waals surface area contributed by atoms with Gasteiger partial charge < -0.3 is 10.3 Å². The van der Waals surface area contributed by atoms with Crippen molar-refractivity contribution in [3.8, 4) is 0 Å². The van der Waals surface area contributed by atoms with Crippen LogP contribution in [-0.2, 0) is 6.54 Å². The van der Waals surface area contributed by atoms with Crippen LogP contribution in [0.15, 0.2) is 10.9 Å². The van der Waals surface area contributed by atoms with E-state index in [1.807, 2.05) is 0 Å². The third-order valence-electron chi connectivity index (χ3n) is 2.64. The molecule has 0 spiro atoms. The van der Waals surface area contributed by atoms with Gasteiger partial charge in [-0.3, -0.25) is 4.79 Å². The molecule has 0 bridgehead atoms. The molecule has 0 radical (unpaired) electrons. The van der Waals surface area contributed by atoms with E-state index in [0.29, 0.717) is 18.4 Å². The first-order valence-corrected chi connectivity index (χ1v) is 5.96. The summed E-state index contributed by atoms with van der Waals surface area (Å²) in [4.78, 5) is 18.7. The zero-order chi connectivity index (χ0) is 11.5. The Hall–Kier alpha value is -1.16. The Bertz CT molecular complexity index is 407. The summed E-state index contributed by atoms with van der Waals surface area (Å²) in [6, 6.07) is 1.58. The second-order valence-corrected chi connectivity index (χ2v) is 4.92. The van der Waals surface area contributed by atoms with Gasteiger partial charge in [0.25, 0.3) is 5.56 Å². The molecule has 4 heteroatoms. The van der Waals surface area contributed by atoms with E-state index in [4.69, 9.17) is 0 Å². The lowest BCUT2D eigenvalue weighted by Gasteiger charge is -2.07. The Morgan fingerprint density at radius 3 is 2.94 bits per heavy atom. The first kappa shape index (κ1) is 11.3. The van der Waals surface area contributed by atoms with E-state index in [1.165, 1.54) is 0 Å². The predicted octanol–water partition coefficient (Wildman–Crippen LogP) is 1.39. The molecule has 1 aromatic rings. The molecule has 0 atom stereocenters. The molecule has 0 amide bonds. The van der Waals surface area contributed by atoms with E-state index < -0.39 is 0 Å². The number of rotatable bonds is 5. The quantitative estimate of drug-likeness (QED) is 0.790. The van der Waals surface area contributed by atoms with Crippen molar-refractivity contribution in [2.24, 2.45) is 5.92 Å². The SMILES string of the molecule is CC(C)CNCc1cc(=O)[nH]c(C2CC2)n1. The largest absolute Gasteiger partial charge is 0.311 e. The van der Waals surface area contributed by atoms with Gasteiger partial charge in [-0.1, -0.05) is 13.8 Å². The van der Waals surface area contributed by atoms with E-state index in [2.05, 4.69) is 29.1 Å². The van der Waals surface area contributed by atoms with Crippen LogP contribution < -0.4 is 10.9 Å². The highest BCUT2D eigenvalue weighted by atomic mass is 16.1. The molecule has 0 saturated heterocycles. The normalized spacial score (nSPS) is 15.7. The van der Waals surface area contributed by atoms with Gasteiger partial charge in [0.1, 0.15) is 5.82 Å². The Morgan fingerprint density at radius 2 is 2.31 bits per heavy atom. The van der Waals surface area contributed by atoms with Crippen LogP contribution in [0.1, 0.15) is 44.1 Å². The molecule has 88 valence electrons. The molecule has 16 heavy (non-hydrogen) atoms. The van der Waals surface area contributed by atoms with Gasteiger partial charge in [0.2, 0.25) is 0 Å². The number of nitrogens with one attached hydrogen (secondary N) is 2. The average molecular weight is 221 g/mol. The van der Waals surface area contributed by atoms with Crippen LogP contribution in [0.5, 0.6) is 0 Å². The van der Waals surface area contributed by atoms with Crippen LogP contribution in [0.2, 0.25) is 0 Å². The monoisotopic (exact) mass is 221 g/mol. The number of aromatic nitrogens is 2. The molecule has 0 aromatic carbocycles. The van der Waals surface area contributed by atoms with Crippen molar-refractivity contribution in [1.82, 2.24) is 15.3 Å². The fourth-order valence-corrected chi connectivity index (χ4v) is 1.66.